The van der Waals surface area contributed by atoms with Crippen molar-refractivity contribution >= 4 is 11.6 Å². The summed E-state index contributed by atoms with van der Waals surface area (Å²) in [5.74, 6) is 1.36. The van der Waals surface area contributed by atoms with Gasteiger partial charge in [-0.1, -0.05) is 29.8 Å². The van der Waals surface area contributed by atoms with Crippen LogP contribution in [0.15, 0.2) is 48.3 Å². The lowest BCUT2D eigenvalue weighted by Crippen LogP contribution is -2.06. The van der Waals surface area contributed by atoms with Crippen molar-refractivity contribution in [3.05, 3.63) is 58.8 Å². The van der Waals surface area contributed by atoms with Gasteiger partial charge in [-0.3, -0.25) is 0 Å². The summed E-state index contributed by atoms with van der Waals surface area (Å²) in [4.78, 5) is 0. The molecule has 1 aromatic carbocycles. The van der Waals surface area contributed by atoms with Crippen LogP contribution in [0, 0.1) is 5.92 Å². The molecule has 0 heterocycles. The van der Waals surface area contributed by atoms with Gasteiger partial charge < -0.3 is 9.84 Å². The standard InChI is InChI=1S/C15H17ClO2/c16-14-5-1-12(2-6-14)11-13-3-7-15(8-4-13)18-10-9-17/h1-3,5-8,13,17H,4,9-11H2. The van der Waals surface area contributed by atoms with Crippen LogP contribution in [-0.4, -0.2) is 18.3 Å². The first kappa shape index (κ1) is 13.2. The molecule has 1 aromatic rings. The van der Waals surface area contributed by atoms with Crippen molar-refractivity contribution in [3.8, 4) is 0 Å². The minimum absolute atomic E-state index is 0.0549. The van der Waals surface area contributed by atoms with Crippen molar-refractivity contribution in [2.75, 3.05) is 13.2 Å². The molecule has 3 heteroatoms. The van der Waals surface area contributed by atoms with E-state index in [0.29, 0.717) is 12.5 Å². The maximum absolute atomic E-state index is 8.68. The molecule has 1 atom stereocenters. The fraction of sp³-hybridized carbons (Fsp3) is 0.333. The van der Waals surface area contributed by atoms with Gasteiger partial charge in [-0.15, -0.1) is 0 Å². The molecular formula is C15H17ClO2. The molecule has 1 unspecified atom stereocenters. The zero-order valence-corrected chi connectivity index (χ0v) is 10.9. The van der Waals surface area contributed by atoms with Crippen LogP contribution >= 0.6 is 11.6 Å². The molecule has 0 bridgehead atoms. The van der Waals surface area contributed by atoms with E-state index in [1.54, 1.807) is 0 Å². The van der Waals surface area contributed by atoms with E-state index in [4.69, 9.17) is 21.4 Å². The first-order valence-corrected chi connectivity index (χ1v) is 6.52. The first-order chi connectivity index (χ1) is 8.78. The molecule has 0 amide bonds. The molecule has 0 fully saturated rings. The normalized spacial score (nSPS) is 18.6. The molecule has 0 saturated heterocycles. The zero-order valence-electron chi connectivity index (χ0n) is 10.2. The largest absolute Gasteiger partial charge is 0.492 e. The number of benzene rings is 1. The minimum atomic E-state index is 0.0549. The summed E-state index contributed by atoms with van der Waals surface area (Å²) in [7, 11) is 0. The highest BCUT2D eigenvalue weighted by molar-refractivity contribution is 6.30. The second-order valence-corrected chi connectivity index (χ2v) is 4.80. The van der Waals surface area contributed by atoms with Crippen LogP contribution in [0.2, 0.25) is 5.02 Å². The van der Waals surface area contributed by atoms with Crippen LogP contribution in [0.4, 0.5) is 0 Å². The predicted octanol–water partition coefficient (Wildman–Crippen LogP) is 3.35. The monoisotopic (exact) mass is 264 g/mol. The Bertz CT molecular complexity index is 434. The van der Waals surface area contributed by atoms with E-state index >= 15 is 0 Å². The van der Waals surface area contributed by atoms with Crippen LogP contribution in [0.25, 0.3) is 0 Å². The number of hydrogen-bond donors (Lipinski definition) is 1. The van der Waals surface area contributed by atoms with E-state index in [9.17, 15) is 0 Å². The van der Waals surface area contributed by atoms with Crippen LogP contribution in [0.5, 0.6) is 0 Å². The van der Waals surface area contributed by atoms with Gasteiger partial charge in [0.25, 0.3) is 0 Å². The Hall–Kier alpha value is -1.25. The number of rotatable bonds is 5. The van der Waals surface area contributed by atoms with Gasteiger partial charge in [-0.25, -0.2) is 0 Å². The summed E-state index contributed by atoms with van der Waals surface area (Å²) >= 11 is 5.86. The summed E-state index contributed by atoms with van der Waals surface area (Å²) in [6, 6.07) is 7.99. The molecule has 0 radical (unpaired) electrons. The number of halogens is 1. The molecule has 1 aliphatic rings. The summed E-state index contributed by atoms with van der Waals surface area (Å²) in [5.41, 5.74) is 1.29. The Morgan fingerprint density at radius 2 is 2.06 bits per heavy atom. The molecule has 2 rings (SSSR count). The summed E-state index contributed by atoms with van der Waals surface area (Å²) in [5, 5.41) is 9.45. The minimum Gasteiger partial charge on any atom is -0.492 e. The first-order valence-electron chi connectivity index (χ1n) is 6.14. The molecule has 0 saturated carbocycles. The lowest BCUT2D eigenvalue weighted by atomic mass is 9.93. The van der Waals surface area contributed by atoms with E-state index in [1.165, 1.54) is 5.56 Å². The number of hydrogen-bond acceptors (Lipinski definition) is 2. The van der Waals surface area contributed by atoms with Crippen molar-refractivity contribution in [3.63, 3.8) is 0 Å². The molecular weight excluding hydrogens is 248 g/mol. The Kier molecular flexibility index (Phi) is 4.85. The Labute approximate surface area is 113 Å². The van der Waals surface area contributed by atoms with E-state index in [1.807, 2.05) is 18.2 Å². The van der Waals surface area contributed by atoms with Crippen LogP contribution in [0.3, 0.4) is 0 Å². The summed E-state index contributed by atoms with van der Waals surface area (Å²) < 4.78 is 5.35. The molecule has 96 valence electrons. The topological polar surface area (TPSA) is 29.5 Å². The molecule has 2 nitrogen and oxygen atoms in total. The highest BCUT2D eigenvalue weighted by atomic mass is 35.5. The zero-order chi connectivity index (χ0) is 12.8. The highest BCUT2D eigenvalue weighted by Gasteiger charge is 2.10. The number of allylic oxidation sites excluding steroid dienone is 3. The average molecular weight is 265 g/mol. The lowest BCUT2D eigenvalue weighted by molar-refractivity contribution is 0.150. The summed E-state index contributed by atoms with van der Waals surface area (Å²) in [6.07, 6.45) is 8.22. The van der Waals surface area contributed by atoms with Gasteiger partial charge in [-0.2, -0.15) is 0 Å². The smallest absolute Gasteiger partial charge is 0.115 e. The van der Waals surface area contributed by atoms with Crippen molar-refractivity contribution in [2.24, 2.45) is 5.92 Å². The van der Waals surface area contributed by atoms with Gasteiger partial charge in [0.1, 0.15) is 12.4 Å². The fourth-order valence-electron chi connectivity index (χ4n) is 1.99. The third-order valence-corrected chi connectivity index (χ3v) is 3.18. The molecule has 1 aliphatic carbocycles. The SMILES string of the molecule is OCCOC1=CCC(Cc2ccc(Cl)cc2)C=C1. The number of aliphatic hydroxyl groups excluding tert-OH is 1. The second-order valence-electron chi connectivity index (χ2n) is 4.36. The van der Waals surface area contributed by atoms with Gasteiger partial charge in [-0.05, 0) is 48.6 Å². The molecule has 0 aromatic heterocycles. The van der Waals surface area contributed by atoms with Gasteiger partial charge >= 0.3 is 0 Å². The maximum Gasteiger partial charge on any atom is 0.115 e. The molecule has 0 spiro atoms. The third kappa shape index (κ3) is 3.90. The van der Waals surface area contributed by atoms with Crippen molar-refractivity contribution in [1.29, 1.82) is 0 Å². The van der Waals surface area contributed by atoms with Gasteiger partial charge in [0.2, 0.25) is 0 Å². The lowest BCUT2D eigenvalue weighted by Gasteiger charge is -2.16. The van der Waals surface area contributed by atoms with E-state index in [0.717, 1.165) is 23.6 Å². The Morgan fingerprint density at radius 1 is 1.28 bits per heavy atom. The van der Waals surface area contributed by atoms with E-state index in [-0.39, 0.29) is 6.61 Å². The predicted molar refractivity (Wildman–Crippen MR) is 73.5 cm³/mol. The highest BCUT2D eigenvalue weighted by Crippen LogP contribution is 2.22. The number of ether oxygens (including phenoxy) is 1. The summed E-state index contributed by atoms with van der Waals surface area (Å²) in [6.45, 7) is 0.414. The Morgan fingerprint density at radius 3 is 2.67 bits per heavy atom. The van der Waals surface area contributed by atoms with Gasteiger partial charge in [0.15, 0.2) is 0 Å². The van der Waals surface area contributed by atoms with Crippen molar-refractivity contribution < 1.29 is 9.84 Å². The average Bonchev–Trinajstić information content (AvgIpc) is 2.41. The number of aliphatic hydroxyl groups is 1. The van der Waals surface area contributed by atoms with Crippen LogP contribution in [0.1, 0.15) is 12.0 Å². The third-order valence-electron chi connectivity index (χ3n) is 2.93. The van der Waals surface area contributed by atoms with E-state index < -0.39 is 0 Å². The molecule has 18 heavy (non-hydrogen) atoms. The van der Waals surface area contributed by atoms with Gasteiger partial charge in [0, 0.05) is 5.02 Å². The second kappa shape index (κ2) is 6.62. The van der Waals surface area contributed by atoms with Crippen LogP contribution in [-0.2, 0) is 11.2 Å². The van der Waals surface area contributed by atoms with Crippen molar-refractivity contribution in [1.82, 2.24) is 0 Å². The maximum atomic E-state index is 8.68. The quantitative estimate of drug-likeness (QED) is 0.884. The van der Waals surface area contributed by atoms with E-state index in [2.05, 4.69) is 24.3 Å². The Balaban J connectivity index is 1.85. The van der Waals surface area contributed by atoms with Gasteiger partial charge in [0.05, 0.1) is 6.61 Å². The fourth-order valence-corrected chi connectivity index (χ4v) is 2.12. The molecule has 1 N–H and O–H groups in total. The van der Waals surface area contributed by atoms with Crippen LogP contribution < -0.4 is 0 Å². The van der Waals surface area contributed by atoms with Crippen molar-refractivity contribution in [2.45, 2.75) is 12.8 Å². The molecule has 0 aliphatic heterocycles.